The molecule has 0 fully saturated rings. The van der Waals surface area contributed by atoms with E-state index in [2.05, 4.69) is 10.6 Å². The topological polar surface area (TPSA) is 78.4 Å². The van der Waals surface area contributed by atoms with E-state index in [0.717, 1.165) is 5.56 Å². The molecule has 1 heterocycles. The van der Waals surface area contributed by atoms with Gasteiger partial charge in [-0.3, -0.25) is 9.59 Å². The van der Waals surface area contributed by atoms with Crippen LogP contribution in [0.2, 0.25) is 0 Å². The standard InChI is InChI=1S/C17H20N2O3S/c1-12(8-9-20)19-16(21)14-6-4-13(5-7-14)11-18-17(22)15-3-2-10-23-15/h2-7,10,12,20H,8-9,11H2,1H3,(H,18,22)(H,19,21). The SMILES string of the molecule is CC(CCO)NC(=O)c1ccc(CNC(=O)c2cccs2)cc1. The van der Waals surface area contributed by atoms with Gasteiger partial charge in [-0.2, -0.15) is 0 Å². The molecule has 1 aromatic heterocycles. The minimum atomic E-state index is -0.167. The van der Waals surface area contributed by atoms with Gasteiger partial charge in [-0.25, -0.2) is 0 Å². The molecule has 2 rings (SSSR count). The van der Waals surface area contributed by atoms with Crippen LogP contribution in [0.15, 0.2) is 41.8 Å². The highest BCUT2D eigenvalue weighted by molar-refractivity contribution is 7.12. The van der Waals surface area contributed by atoms with Gasteiger partial charge in [0.25, 0.3) is 11.8 Å². The zero-order chi connectivity index (χ0) is 16.7. The van der Waals surface area contributed by atoms with Crippen LogP contribution < -0.4 is 10.6 Å². The van der Waals surface area contributed by atoms with Crippen molar-refractivity contribution in [3.63, 3.8) is 0 Å². The predicted octanol–water partition coefficient (Wildman–Crippen LogP) is 2.18. The van der Waals surface area contributed by atoms with E-state index in [-0.39, 0.29) is 24.5 Å². The highest BCUT2D eigenvalue weighted by Gasteiger charge is 2.10. The third-order valence-electron chi connectivity index (χ3n) is 3.35. The van der Waals surface area contributed by atoms with Crippen molar-refractivity contribution in [1.82, 2.24) is 10.6 Å². The monoisotopic (exact) mass is 332 g/mol. The van der Waals surface area contributed by atoms with Crippen molar-refractivity contribution >= 4 is 23.2 Å². The lowest BCUT2D eigenvalue weighted by Gasteiger charge is -2.12. The van der Waals surface area contributed by atoms with E-state index in [1.807, 2.05) is 30.5 Å². The molecule has 5 nitrogen and oxygen atoms in total. The van der Waals surface area contributed by atoms with E-state index in [9.17, 15) is 9.59 Å². The Morgan fingerprint density at radius 1 is 1.17 bits per heavy atom. The summed E-state index contributed by atoms with van der Waals surface area (Å²) in [6.45, 7) is 2.31. The van der Waals surface area contributed by atoms with Gasteiger partial charge in [0.05, 0.1) is 4.88 Å². The van der Waals surface area contributed by atoms with Gasteiger partial charge in [0.15, 0.2) is 0 Å². The lowest BCUT2D eigenvalue weighted by Crippen LogP contribution is -2.33. The minimum absolute atomic E-state index is 0.0460. The van der Waals surface area contributed by atoms with Crippen molar-refractivity contribution in [2.75, 3.05) is 6.61 Å². The minimum Gasteiger partial charge on any atom is -0.396 e. The number of benzene rings is 1. The van der Waals surface area contributed by atoms with E-state index < -0.39 is 0 Å². The Hall–Kier alpha value is -2.18. The lowest BCUT2D eigenvalue weighted by molar-refractivity contribution is 0.0930. The fourth-order valence-electron chi connectivity index (χ4n) is 2.02. The molecule has 1 aromatic carbocycles. The summed E-state index contributed by atoms with van der Waals surface area (Å²) in [6, 6.07) is 10.6. The molecule has 0 saturated carbocycles. The van der Waals surface area contributed by atoms with E-state index in [4.69, 9.17) is 5.11 Å². The van der Waals surface area contributed by atoms with Crippen molar-refractivity contribution in [3.05, 3.63) is 57.8 Å². The number of aliphatic hydroxyl groups is 1. The van der Waals surface area contributed by atoms with Crippen LogP contribution in [0.1, 0.15) is 38.9 Å². The zero-order valence-electron chi connectivity index (χ0n) is 12.9. The Morgan fingerprint density at radius 2 is 1.91 bits per heavy atom. The molecule has 2 aromatic rings. The molecule has 0 aliphatic carbocycles. The van der Waals surface area contributed by atoms with E-state index in [0.29, 0.717) is 23.4 Å². The normalized spacial score (nSPS) is 11.7. The number of nitrogens with one attached hydrogen (secondary N) is 2. The number of carbonyl (C=O) groups excluding carboxylic acids is 2. The number of thiophene rings is 1. The summed E-state index contributed by atoms with van der Waals surface area (Å²) in [5.74, 6) is -0.264. The summed E-state index contributed by atoms with van der Waals surface area (Å²) >= 11 is 1.40. The fourth-order valence-corrected chi connectivity index (χ4v) is 2.66. The maximum absolute atomic E-state index is 12.0. The third kappa shape index (κ3) is 5.19. The number of amides is 2. The Morgan fingerprint density at radius 3 is 2.52 bits per heavy atom. The first-order valence-electron chi connectivity index (χ1n) is 7.42. The summed E-state index contributed by atoms with van der Waals surface area (Å²) in [5.41, 5.74) is 1.48. The molecular weight excluding hydrogens is 312 g/mol. The average molecular weight is 332 g/mol. The van der Waals surface area contributed by atoms with Crippen LogP contribution in [-0.4, -0.2) is 29.6 Å². The van der Waals surface area contributed by atoms with Gasteiger partial charge in [-0.1, -0.05) is 18.2 Å². The first kappa shape index (κ1) is 17.2. The second kappa shape index (κ2) is 8.45. The molecule has 1 unspecified atom stereocenters. The Balaban J connectivity index is 1.86. The smallest absolute Gasteiger partial charge is 0.261 e. The van der Waals surface area contributed by atoms with Crippen LogP contribution in [0.3, 0.4) is 0 Å². The molecule has 0 aliphatic heterocycles. The van der Waals surface area contributed by atoms with E-state index >= 15 is 0 Å². The van der Waals surface area contributed by atoms with Gasteiger partial charge in [0.1, 0.15) is 0 Å². The first-order chi connectivity index (χ1) is 11.1. The zero-order valence-corrected chi connectivity index (χ0v) is 13.7. The van der Waals surface area contributed by atoms with Crippen LogP contribution >= 0.6 is 11.3 Å². The molecule has 3 N–H and O–H groups in total. The number of aliphatic hydroxyl groups excluding tert-OH is 1. The fraction of sp³-hybridized carbons (Fsp3) is 0.294. The molecule has 6 heteroatoms. The van der Waals surface area contributed by atoms with Gasteiger partial charge >= 0.3 is 0 Å². The van der Waals surface area contributed by atoms with Crippen molar-refractivity contribution in [3.8, 4) is 0 Å². The largest absolute Gasteiger partial charge is 0.396 e. The summed E-state index contributed by atoms with van der Waals surface area (Å²) < 4.78 is 0. The Kier molecular flexibility index (Phi) is 6.31. The van der Waals surface area contributed by atoms with Crippen molar-refractivity contribution < 1.29 is 14.7 Å². The quantitative estimate of drug-likeness (QED) is 0.727. The molecular formula is C17H20N2O3S. The number of hydrogen-bond donors (Lipinski definition) is 3. The molecule has 1 atom stereocenters. The molecule has 0 saturated heterocycles. The molecule has 0 spiro atoms. The highest BCUT2D eigenvalue weighted by atomic mass is 32.1. The molecule has 2 amide bonds. The van der Waals surface area contributed by atoms with Crippen molar-refractivity contribution in [2.24, 2.45) is 0 Å². The molecule has 23 heavy (non-hydrogen) atoms. The summed E-state index contributed by atoms with van der Waals surface area (Å²) in [7, 11) is 0. The average Bonchev–Trinajstić information content (AvgIpc) is 3.07. The lowest BCUT2D eigenvalue weighted by atomic mass is 10.1. The molecule has 122 valence electrons. The Labute approximate surface area is 139 Å². The third-order valence-corrected chi connectivity index (χ3v) is 4.22. The van der Waals surface area contributed by atoms with Gasteiger partial charge in [-0.15, -0.1) is 11.3 Å². The van der Waals surface area contributed by atoms with Gasteiger partial charge in [-0.05, 0) is 42.5 Å². The number of rotatable bonds is 7. The Bertz CT molecular complexity index is 638. The first-order valence-corrected chi connectivity index (χ1v) is 8.30. The van der Waals surface area contributed by atoms with Crippen LogP contribution in [-0.2, 0) is 6.54 Å². The van der Waals surface area contributed by atoms with Crippen molar-refractivity contribution in [1.29, 1.82) is 0 Å². The molecule has 0 bridgehead atoms. The van der Waals surface area contributed by atoms with Crippen molar-refractivity contribution in [2.45, 2.75) is 25.9 Å². The molecule has 0 aliphatic rings. The van der Waals surface area contributed by atoms with E-state index in [1.165, 1.54) is 11.3 Å². The van der Waals surface area contributed by atoms with Gasteiger partial charge in [0, 0.05) is 24.8 Å². The highest BCUT2D eigenvalue weighted by Crippen LogP contribution is 2.09. The van der Waals surface area contributed by atoms with Gasteiger partial charge in [0.2, 0.25) is 0 Å². The van der Waals surface area contributed by atoms with E-state index in [1.54, 1.807) is 18.2 Å². The summed E-state index contributed by atoms with van der Waals surface area (Å²) in [6.07, 6.45) is 0.526. The second-order valence-corrected chi connectivity index (χ2v) is 6.19. The molecule has 0 radical (unpaired) electrons. The maximum Gasteiger partial charge on any atom is 0.261 e. The summed E-state index contributed by atoms with van der Waals surface area (Å²) in [5, 5.41) is 16.4. The van der Waals surface area contributed by atoms with Crippen LogP contribution in [0.5, 0.6) is 0 Å². The van der Waals surface area contributed by atoms with Crippen LogP contribution in [0.25, 0.3) is 0 Å². The maximum atomic E-state index is 12.0. The number of carbonyl (C=O) groups is 2. The predicted molar refractivity (Wildman–Crippen MR) is 90.6 cm³/mol. The summed E-state index contributed by atoms with van der Waals surface area (Å²) in [4.78, 5) is 24.5. The van der Waals surface area contributed by atoms with Gasteiger partial charge < -0.3 is 15.7 Å². The van der Waals surface area contributed by atoms with Crippen LogP contribution in [0.4, 0.5) is 0 Å². The van der Waals surface area contributed by atoms with Crippen LogP contribution in [0, 0.1) is 0 Å². The second-order valence-electron chi connectivity index (χ2n) is 5.24. The number of hydrogen-bond acceptors (Lipinski definition) is 4.